The minimum atomic E-state index is 0.0348. The fourth-order valence-electron chi connectivity index (χ4n) is 11.0. The van der Waals surface area contributed by atoms with Crippen molar-refractivity contribution < 1.29 is 0 Å². The van der Waals surface area contributed by atoms with Gasteiger partial charge in [-0.15, -0.1) is 0 Å². The predicted molar refractivity (Wildman–Crippen MR) is 277 cm³/mol. The first kappa shape index (κ1) is 39.1. The molecule has 2 bridgehead atoms. The molecule has 6 heteroatoms. The Morgan fingerprint density at radius 3 is 1.35 bits per heavy atom. The molecule has 0 radical (unpaired) electrons. The van der Waals surface area contributed by atoms with Crippen LogP contribution in [0.5, 0.6) is 0 Å². The maximum absolute atomic E-state index is 5.38. The maximum Gasteiger partial charge on any atom is 0.164 e. The van der Waals surface area contributed by atoms with Crippen LogP contribution in [0, 0.1) is 0 Å². The van der Waals surface area contributed by atoms with E-state index >= 15 is 0 Å². The molecular weight excluding hydrogens is 841 g/mol. The Hall–Kier alpha value is -9.13. The van der Waals surface area contributed by atoms with Gasteiger partial charge in [-0.25, -0.2) is 24.9 Å². The van der Waals surface area contributed by atoms with Crippen LogP contribution in [-0.4, -0.2) is 29.5 Å². The average Bonchev–Trinajstić information content (AvgIpc) is 3.78. The first-order chi connectivity index (χ1) is 34.2. The molecule has 0 aliphatic heterocycles. The second kappa shape index (κ2) is 15.8. The minimum Gasteiger partial charge on any atom is -0.309 e. The Labute approximate surface area is 399 Å². The first-order valence-electron chi connectivity index (χ1n) is 23.5. The van der Waals surface area contributed by atoms with Crippen LogP contribution in [0.15, 0.2) is 231 Å². The summed E-state index contributed by atoms with van der Waals surface area (Å²) in [6.45, 7) is 0. The Morgan fingerprint density at radius 2 is 0.739 bits per heavy atom. The number of hydrogen-bond donors (Lipinski definition) is 0. The molecule has 322 valence electrons. The third kappa shape index (κ3) is 6.37. The van der Waals surface area contributed by atoms with Crippen molar-refractivity contribution in [1.82, 2.24) is 29.5 Å². The molecule has 69 heavy (non-hydrogen) atoms. The molecule has 0 saturated carbocycles. The molecule has 6 nitrogen and oxygen atoms in total. The highest BCUT2D eigenvalue weighted by molar-refractivity contribution is 6.13. The van der Waals surface area contributed by atoms with Crippen molar-refractivity contribution in [3.05, 3.63) is 264 Å². The van der Waals surface area contributed by atoms with Crippen molar-refractivity contribution >= 4 is 21.8 Å². The molecule has 3 aromatic heterocycles. The van der Waals surface area contributed by atoms with E-state index in [0.717, 1.165) is 61.5 Å². The molecule has 2 atom stereocenters. The summed E-state index contributed by atoms with van der Waals surface area (Å²) in [5.41, 5.74) is 19.0. The zero-order valence-electron chi connectivity index (χ0n) is 37.3. The van der Waals surface area contributed by atoms with Crippen LogP contribution in [-0.2, 0) is 0 Å². The topological polar surface area (TPSA) is 69.4 Å². The lowest BCUT2D eigenvalue weighted by Crippen LogP contribution is -2.27. The van der Waals surface area contributed by atoms with Gasteiger partial charge in [0.25, 0.3) is 0 Å². The predicted octanol–water partition coefficient (Wildman–Crippen LogP) is 14.7. The fraction of sp³-hybridized carbons (Fsp3) is 0.0317. The third-order valence-electron chi connectivity index (χ3n) is 14.0. The molecule has 9 aromatic carbocycles. The summed E-state index contributed by atoms with van der Waals surface area (Å²) in [6, 6.07) is 81.6. The van der Waals surface area contributed by atoms with E-state index in [1.807, 2.05) is 42.5 Å². The van der Waals surface area contributed by atoms with E-state index < -0.39 is 0 Å². The zero-order chi connectivity index (χ0) is 45.4. The second-order valence-electron chi connectivity index (χ2n) is 17.9. The number of para-hydroxylation sites is 3. The number of rotatable bonds is 7. The van der Waals surface area contributed by atoms with Gasteiger partial charge in [-0.3, -0.25) is 0 Å². The van der Waals surface area contributed by atoms with Crippen molar-refractivity contribution in [1.29, 1.82) is 0 Å². The molecule has 0 fully saturated rings. The van der Waals surface area contributed by atoms with Crippen LogP contribution in [0.3, 0.4) is 0 Å². The number of benzene rings is 9. The summed E-state index contributed by atoms with van der Waals surface area (Å²) < 4.78 is 2.38. The van der Waals surface area contributed by atoms with Gasteiger partial charge in [0.2, 0.25) is 0 Å². The van der Waals surface area contributed by atoms with Crippen LogP contribution in [0.1, 0.15) is 45.2 Å². The summed E-state index contributed by atoms with van der Waals surface area (Å²) in [5, 5.41) is 2.39. The van der Waals surface area contributed by atoms with E-state index in [9.17, 15) is 0 Å². The Kier molecular flexibility index (Phi) is 8.92. The monoisotopic (exact) mass is 880 g/mol. The van der Waals surface area contributed by atoms with Crippen LogP contribution in [0.2, 0.25) is 0 Å². The van der Waals surface area contributed by atoms with Crippen LogP contribution in [0.25, 0.3) is 95.6 Å². The lowest BCUT2D eigenvalue weighted by Gasteiger charge is -2.42. The van der Waals surface area contributed by atoms with Crippen molar-refractivity contribution in [2.24, 2.45) is 0 Å². The van der Waals surface area contributed by atoms with Gasteiger partial charge < -0.3 is 4.57 Å². The van der Waals surface area contributed by atoms with Crippen molar-refractivity contribution in [2.45, 2.75) is 11.8 Å². The minimum absolute atomic E-state index is 0.0348. The van der Waals surface area contributed by atoms with Gasteiger partial charge in [0.15, 0.2) is 23.3 Å². The van der Waals surface area contributed by atoms with E-state index in [0.29, 0.717) is 23.3 Å². The molecule has 15 rings (SSSR count). The highest BCUT2D eigenvalue weighted by Crippen LogP contribution is 2.57. The van der Waals surface area contributed by atoms with Gasteiger partial charge in [-0.2, -0.15) is 0 Å². The Balaban J connectivity index is 0.925. The van der Waals surface area contributed by atoms with Crippen molar-refractivity contribution in [3.8, 4) is 73.8 Å². The smallest absolute Gasteiger partial charge is 0.164 e. The van der Waals surface area contributed by atoms with E-state index in [2.05, 4.69) is 193 Å². The van der Waals surface area contributed by atoms with Crippen molar-refractivity contribution in [3.63, 3.8) is 0 Å². The van der Waals surface area contributed by atoms with E-state index in [1.54, 1.807) is 0 Å². The molecule has 0 saturated heterocycles. The maximum atomic E-state index is 5.38. The van der Waals surface area contributed by atoms with Gasteiger partial charge in [0.05, 0.1) is 22.4 Å². The Bertz CT molecular complexity index is 3900. The standard InChI is InChI=1S/C63H40N6/c1-5-18-39(19-6-1)60-64-54(38-55(65-60)51-30-17-29-50-45-26-15-16-31-56(45)69(59(50)51)44-24-11-4-12-25-44)42-32-34-48-52(36-42)57-46-27-13-14-28-47(46)58(48)53-37-43(33-35-49(53)57)63-67-61(40-20-7-2-8-21-40)66-62(68-63)41-22-9-3-10-23-41/h1-38,57-58H. The van der Waals surface area contributed by atoms with Gasteiger partial charge in [0.1, 0.15) is 0 Å². The van der Waals surface area contributed by atoms with Gasteiger partial charge in [-0.1, -0.05) is 194 Å². The number of aromatic nitrogens is 6. The van der Waals surface area contributed by atoms with Crippen molar-refractivity contribution in [2.75, 3.05) is 0 Å². The fourth-order valence-corrected chi connectivity index (χ4v) is 11.0. The van der Waals surface area contributed by atoms with Crippen LogP contribution in [0.4, 0.5) is 0 Å². The normalized spacial score (nSPS) is 14.4. The molecule has 3 aliphatic rings. The molecule has 2 unspecified atom stereocenters. The van der Waals surface area contributed by atoms with E-state index in [4.69, 9.17) is 24.9 Å². The first-order valence-corrected chi connectivity index (χ1v) is 23.5. The molecule has 0 spiro atoms. The van der Waals surface area contributed by atoms with Gasteiger partial charge in [-0.05, 0) is 69.8 Å². The lowest BCUT2D eigenvalue weighted by molar-refractivity contribution is 0.754. The molecule has 12 aromatic rings. The molecular formula is C63H40N6. The highest BCUT2D eigenvalue weighted by atomic mass is 15.0. The van der Waals surface area contributed by atoms with E-state index in [1.165, 1.54) is 44.2 Å². The summed E-state index contributed by atoms with van der Waals surface area (Å²) in [4.78, 5) is 25.9. The third-order valence-corrected chi connectivity index (χ3v) is 14.0. The lowest BCUT2D eigenvalue weighted by atomic mass is 9.60. The van der Waals surface area contributed by atoms with Crippen LogP contribution < -0.4 is 0 Å². The number of fused-ring (bicyclic) bond motifs is 3. The highest BCUT2D eigenvalue weighted by Gasteiger charge is 2.41. The van der Waals surface area contributed by atoms with Gasteiger partial charge >= 0.3 is 0 Å². The summed E-state index contributed by atoms with van der Waals surface area (Å²) in [7, 11) is 0. The number of hydrogen-bond acceptors (Lipinski definition) is 5. The number of nitrogens with zero attached hydrogens (tertiary/aromatic N) is 6. The SMILES string of the molecule is c1ccc(-c2nc(-c3ccc4c(c3)C3c5ccccc5C4c4cc(-c5nc(-c6ccccc6)nc(-c6ccccc6)n5)ccc43)cc(-c3cccc4c5ccccc5n(-c5ccccc5)c34)n2)cc1. The largest absolute Gasteiger partial charge is 0.309 e. The summed E-state index contributed by atoms with van der Waals surface area (Å²) in [5.74, 6) is 2.72. The average molecular weight is 881 g/mol. The Morgan fingerprint density at radius 1 is 0.290 bits per heavy atom. The van der Waals surface area contributed by atoms with Gasteiger partial charge in [0, 0.05) is 61.7 Å². The molecule has 3 aliphatic carbocycles. The summed E-state index contributed by atoms with van der Waals surface area (Å²) >= 11 is 0. The van der Waals surface area contributed by atoms with Crippen LogP contribution >= 0.6 is 0 Å². The molecule has 0 N–H and O–H groups in total. The van der Waals surface area contributed by atoms with E-state index in [-0.39, 0.29) is 11.8 Å². The molecule has 0 amide bonds. The molecule has 3 heterocycles. The zero-order valence-corrected chi connectivity index (χ0v) is 37.3. The quantitative estimate of drug-likeness (QED) is 0.159. The summed E-state index contributed by atoms with van der Waals surface area (Å²) in [6.07, 6.45) is 0. The second-order valence-corrected chi connectivity index (χ2v) is 17.9.